The number of hydrogen-bond donors (Lipinski definition) is 2. The van der Waals surface area contributed by atoms with Crippen LogP contribution in [0.5, 0.6) is 5.75 Å². The van der Waals surface area contributed by atoms with Gasteiger partial charge in [0.25, 0.3) is 0 Å². The van der Waals surface area contributed by atoms with E-state index < -0.39 is 6.29 Å². The van der Waals surface area contributed by atoms with Gasteiger partial charge in [0.2, 0.25) is 5.91 Å². The monoisotopic (exact) mass is 502 g/mol. The summed E-state index contributed by atoms with van der Waals surface area (Å²) in [6.45, 7) is 6.88. The first-order valence-corrected chi connectivity index (χ1v) is 13.3. The standard InChI is InChI=1S/C27H42N4O5/c1-4-5-15-31(21-9-7-6-8-10-21)24(32)13-14-25(33)36-22-11-12-23-20(16-22)17-30(27(28)29-23)18-26(34)35-19(2)3/h11-12,16,19,21,25,33H,4-10,13-15,17-18H2,1-3H3,(H2,28,29). The van der Waals surface area contributed by atoms with Crippen molar-refractivity contribution >= 4 is 23.5 Å². The molecule has 3 rings (SSSR count). The minimum atomic E-state index is -1.10. The largest absolute Gasteiger partial charge is 0.465 e. The van der Waals surface area contributed by atoms with Crippen molar-refractivity contribution in [3.05, 3.63) is 23.8 Å². The molecular weight excluding hydrogens is 460 g/mol. The topological polar surface area (TPSA) is 118 Å². The highest BCUT2D eigenvalue weighted by molar-refractivity contribution is 5.87. The molecule has 1 saturated carbocycles. The lowest BCUT2D eigenvalue weighted by Gasteiger charge is -2.34. The van der Waals surface area contributed by atoms with Gasteiger partial charge in [0.05, 0.1) is 11.8 Å². The van der Waals surface area contributed by atoms with Crippen LogP contribution in [0.15, 0.2) is 23.2 Å². The Morgan fingerprint density at radius 2 is 2.00 bits per heavy atom. The summed E-state index contributed by atoms with van der Waals surface area (Å²) in [6.07, 6.45) is 6.96. The maximum Gasteiger partial charge on any atom is 0.325 e. The molecule has 200 valence electrons. The number of fused-ring (bicyclic) bond motifs is 1. The van der Waals surface area contributed by atoms with E-state index in [1.54, 1.807) is 36.9 Å². The number of esters is 1. The second-order valence-corrected chi connectivity index (χ2v) is 10.00. The lowest BCUT2D eigenvalue weighted by Crippen LogP contribution is -2.42. The summed E-state index contributed by atoms with van der Waals surface area (Å²) < 4.78 is 10.9. The summed E-state index contributed by atoms with van der Waals surface area (Å²) in [5.74, 6) is 0.447. The molecule has 0 aromatic heterocycles. The molecule has 0 saturated heterocycles. The van der Waals surface area contributed by atoms with Crippen LogP contribution in [0.2, 0.25) is 0 Å². The van der Waals surface area contributed by atoms with Crippen LogP contribution in [0.3, 0.4) is 0 Å². The van der Waals surface area contributed by atoms with Crippen molar-refractivity contribution in [1.82, 2.24) is 9.80 Å². The van der Waals surface area contributed by atoms with Crippen LogP contribution in [0.1, 0.15) is 84.1 Å². The number of hydrogen-bond acceptors (Lipinski definition) is 8. The van der Waals surface area contributed by atoms with Gasteiger partial charge in [-0.1, -0.05) is 32.6 Å². The number of aliphatic hydroxyl groups is 1. The predicted octanol–water partition coefficient (Wildman–Crippen LogP) is 3.84. The van der Waals surface area contributed by atoms with Crippen molar-refractivity contribution in [2.24, 2.45) is 10.7 Å². The van der Waals surface area contributed by atoms with Crippen molar-refractivity contribution in [3.63, 3.8) is 0 Å². The zero-order valence-corrected chi connectivity index (χ0v) is 21.9. The molecule has 1 atom stereocenters. The van der Waals surface area contributed by atoms with E-state index in [4.69, 9.17) is 15.2 Å². The fourth-order valence-corrected chi connectivity index (χ4v) is 4.78. The summed E-state index contributed by atoms with van der Waals surface area (Å²) >= 11 is 0. The van der Waals surface area contributed by atoms with E-state index in [0.717, 1.165) is 37.8 Å². The molecule has 1 unspecified atom stereocenters. The molecule has 36 heavy (non-hydrogen) atoms. The van der Waals surface area contributed by atoms with Crippen molar-refractivity contribution in [2.75, 3.05) is 13.1 Å². The molecule has 2 aliphatic rings. The second-order valence-electron chi connectivity index (χ2n) is 10.00. The molecule has 1 aromatic carbocycles. The Morgan fingerprint density at radius 3 is 2.69 bits per heavy atom. The number of carbonyl (C=O) groups is 2. The van der Waals surface area contributed by atoms with Gasteiger partial charge in [-0.05, 0) is 51.3 Å². The zero-order chi connectivity index (χ0) is 26.1. The SMILES string of the molecule is CCCCN(C(=O)CCC(O)Oc1ccc2c(c1)CN(CC(=O)OC(C)C)C(N)=N2)C1CCCCC1. The van der Waals surface area contributed by atoms with Gasteiger partial charge in [0.15, 0.2) is 12.2 Å². The molecular formula is C27H42N4O5. The van der Waals surface area contributed by atoms with E-state index in [2.05, 4.69) is 11.9 Å². The summed E-state index contributed by atoms with van der Waals surface area (Å²) in [5, 5.41) is 10.5. The minimum absolute atomic E-state index is 0.00169. The molecule has 0 radical (unpaired) electrons. The van der Waals surface area contributed by atoms with Crippen LogP contribution in [-0.2, 0) is 20.9 Å². The van der Waals surface area contributed by atoms with E-state index in [-0.39, 0.29) is 43.3 Å². The van der Waals surface area contributed by atoms with Crippen molar-refractivity contribution in [1.29, 1.82) is 0 Å². The lowest BCUT2D eigenvalue weighted by molar-refractivity contribution is -0.147. The highest BCUT2D eigenvalue weighted by Gasteiger charge is 2.26. The number of ether oxygens (including phenoxy) is 2. The van der Waals surface area contributed by atoms with Crippen molar-refractivity contribution < 1.29 is 24.2 Å². The summed E-state index contributed by atoms with van der Waals surface area (Å²) in [4.78, 5) is 33.1. The number of guanidine groups is 1. The van der Waals surface area contributed by atoms with Gasteiger partial charge in [0, 0.05) is 37.5 Å². The fourth-order valence-electron chi connectivity index (χ4n) is 4.78. The third kappa shape index (κ3) is 8.11. The fraction of sp³-hybridized carbons (Fsp3) is 0.667. The highest BCUT2D eigenvalue weighted by Crippen LogP contribution is 2.30. The molecule has 0 bridgehead atoms. The molecule has 3 N–H and O–H groups in total. The Bertz CT molecular complexity index is 913. The normalized spacial score (nSPS) is 16.8. The van der Waals surface area contributed by atoms with E-state index >= 15 is 0 Å². The number of nitrogens with zero attached hydrogens (tertiary/aromatic N) is 3. The summed E-state index contributed by atoms with van der Waals surface area (Å²) in [6, 6.07) is 5.60. The number of benzene rings is 1. The quantitative estimate of drug-likeness (QED) is 0.329. The Balaban J connectivity index is 1.55. The van der Waals surface area contributed by atoms with Gasteiger partial charge in [0.1, 0.15) is 12.3 Å². The molecule has 9 heteroatoms. The Kier molecular flexibility index (Phi) is 10.4. The number of carbonyl (C=O) groups excluding carboxylic acids is 2. The number of aliphatic hydroxyl groups excluding tert-OH is 1. The van der Waals surface area contributed by atoms with Crippen LogP contribution >= 0.6 is 0 Å². The maximum absolute atomic E-state index is 13.0. The molecule has 1 amide bonds. The Morgan fingerprint density at radius 1 is 1.25 bits per heavy atom. The smallest absolute Gasteiger partial charge is 0.325 e. The van der Waals surface area contributed by atoms with Gasteiger partial charge in [-0.15, -0.1) is 0 Å². The molecule has 9 nitrogen and oxygen atoms in total. The number of unbranched alkanes of at least 4 members (excludes halogenated alkanes) is 1. The maximum atomic E-state index is 13.0. The number of aliphatic imine (C=N–C) groups is 1. The molecule has 0 spiro atoms. The van der Waals surface area contributed by atoms with E-state index in [1.807, 2.05) is 4.90 Å². The van der Waals surface area contributed by atoms with E-state index in [9.17, 15) is 14.7 Å². The first-order valence-electron chi connectivity index (χ1n) is 13.3. The molecule has 1 fully saturated rings. The van der Waals surface area contributed by atoms with Gasteiger partial charge >= 0.3 is 5.97 Å². The summed E-state index contributed by atoms with van der Waals surface area (Å²) in [5.41, 5.74) is 7.55. The molecule has 1 aromatic rings. The molecule has 1 aliphatic carbocycles. The first kappa shape index (κ1) is 27.8. The van der Waals surface area contributed by atoms with Crippen LogP contribution < -0.4 is 10.5 Å². The predicted molar refractivity (Wildman–Crippen MR) is 139 cm³/mol. The van der Waals surface area contributed by atoms with Crippen LogP contribution in [-0.4, -0.2) is 64.3 Å². The number of nitrogens with two attached hydrogens (primary N) is 1. The average molecular weight is 503 g/mol. The van der Waals surface area contributed by atoms with E-state index in [0.29, 0.717) is 24.0 Å². The van der Waals surface area contributed by atoms with Gasteiger partial charge in [-0.25, -0.2) is 4.99 Å². The number of amides is 1. The van der Waals surface area contributed by atoms with Gasteiger partial charge in [-0.3, -0.25) is 9.59 Å². The molecule has 1 aliphatic heterocycles. The number of rotatable bonds is 12. The van der Waals surface area contributed by atoms with Gasteiger partial charge < -0.3 is 30.1 Å². The van der Waals surface area contributed by atoms with Crippen molar-refractivity contribution in [3.8, 4) is 5.75 Å². The third-order valence-electron chi connectivity index (χ3n) is 6.62. The van der Waals surface area contributed by atoms with Crippen LogP contribution in [0.4, 0.5) is 5.69 Å². The summed E-state index contributed by atoms with van der Waals surface area (Å²) in [7, 11) is 0. The zero-order valence-electron chi connectivity index (χ0n) is 21.9. The second kappa shape index (κ2) is 13.5. The lowest BCUT2D eigenvalue weighted by atomic mass is 9.93. The third-order valence-corrected chi connectivity index (χ3v) is 6.62. The molecule has 1 heterocycles. The average Bonchev–Trinajstić information content (AvgIpc) is 2.84. The van der Waals surface area contributed by atoms with Crippen LogP contribution in [0, 0.1) is 0 Å². The van der Waals surface area contributed by atoms with Crippen LogP contribution in [0.25, 0.3) is 0 Å². The Labute approximate surface area is 214 Å². The van der Waals surface area contributed by atoms with Gasteiger partial charge in [-0.2, -0.15) is 0 Å². The minimum Gasteiger partial charge on any atom is -0.465 e. The first-order chi connectivity index (χ1) is 17.3. The highest BCUT2D eigenvalue weighted by atomic mass is 16.6. The van der Waals surface area contributed by atoms with E-state index in [1.165, 1.54) is 19.3 Å². The van der Waals surface area contributed by atoms with Crippen molar-refractivity contribution in [2.45, 2.75) is 104 Å². The Hall–Kier alpha value is -2.81.